The molecule has 3 N–H and O–H groups in total. The van der Waals surface area contributed by atoms with E-state index in [0.29, 0.717) is 0 Å². The Morgan fingerprint density at radius 2 is 2.04 bits per heavy atom. The van der Waals surface area contributed by atoms with Gasteiger partial charge in [-0.1, -0.05) is 30.3 Å². The number of carboxylic acid groups (broad SMARTS) is 1. The number of carbonyl (C=O) groups is 1. The van der Waals surface area contributed by atoms with Crippen LogP contribution < -0.4 is 10.1 Å². The lowest BCUT2D eigenvalue weighted by atomic mass is 9.90. The van der Waals surface area contributed by atoms with Crippen molar-refractivity contribution in [2.45, 2.75) is 24.9 Å². The summed E-state index contributed by atoms with van der Waals surface area (Å²) in [5.74, 6) is -0.0863. The maximum absolute atomic E-state index is 11.8. The van der Waals surface area contributed by atoms with Crippen molar-refractivity contribution in [3.63, 3.8) is 0 Å². The van der Waals surface area contributed by atoms with E-state index >= 15 is 0 Å². The third-order valence-electron chi connectivity index (χ3n) is 4.86. The predicted molar refractivity (Wildman–Crippen MR) is 96.0 cm³/mol. The van der Waals surface area contributed by atoms with Gasteiger partial charge in [-0.25, -0.2) is 0 Å². The van der Waals surface area contributed by atoms with Gasteiger partial charge in [-0.2, -0.15) is 0 Å². The Kier molecular flexibility index (Phi) is 3.93. The maximum atomic E-state index is 11.8. The average Bonchev–Trinajstić information content (AvgIpc) is 2.99. The SMILES string of the molecule is COc1ccc2[nH]c3c(c2c1)CC(Cc1ccccc1)NC3C(=O)O. The van der Waals surface area contributed by atoms with Crippen LogP contribution in [0, 0.1) is 0 Å². The van der Waals surface area contributed by atoms with E-state index in [0.717, 1.165) is 40.8 Å². The summed E-state index contributed by atoms with van der Waals surface area (Å²) in [6, 6.07) is 15.3. The minimum absolute atomic E-state index is 0.0706. The molecule has 0 radical (unpaired) electrons. The highest BCUT2D eigenvalue weighted by atomic mass is 16.5. The smallest absolute Gasteiger partial charge is 0.326 e. The van der Waals surface area contributed by atoms with E-state index in [2.05, 4.69) is 22.4 Å². The van der Waals surface area contributed by atoms with Gasteiger partial charge >= 0.3 is 5.97 Å². The number of hydrogen-bond acceptors (Lipinski definition) is 3. The van der Waals surface area contributed by atoms with Crippen molar-refractivity contribution in [1.29, 1.82) is 0 Å². The predicted octanol–water partition coefficient (Wildman–Crippen LogP) is 3.06. The number of carboxylic acids is 1. The molecule has 25 heavy (non-hydrogen) atoms. The first-order valence-corrected chi connectivity index (χ1v) is 8.37. The van der Waals surface area contributed by atoms with Gasteiger partial charge in [-0.15, -0.1) is 0 Å². The van der Waals surface area contributed by atoms with Gasteiger partial charge < -0.3 is 14.8 Å². The number of aromatic nitrogens is 1. The number of benzene rings is 2. The molecule has 5 nitrogen and oxygen atoms in total. The summed E-state index contributed by atoms with van der Waals surface area (Å²) in [6.07, 6.45) is 1.57. The molecule has 5 heteroatoms. The highest BCUT2D eigenvalue weighted by molar-refractivity contribution is 5.89. The highest BCUT2D eigenvalue weighted by Gasteiger charge is 2.33. The van der Waals surface area contributed by atoms with E-state index in [-0.39, 0.29) is 6.04 Å². The van der Waals surface area contributed by atoms with Crippen LogP contribution in [-0.2, 0) is 17.6 Å². The molecule has 2 heterocycles. The van der Waals surface area contributed by atoms with Crippen molar-refractivity contribution in [2.24, 2.45) is 0 Å². The molecular formula is C20H20N2O3. The summed E-state index contributed by atoms with van der Waals surface area (Å²) in [5.41, 5.74) is 3.96. The summed E-state index contributed by atoms with van der Waals surface area (Å²) < 4.78 is 5.33. The molecule has 1 aliphatic rings. The van der Waals surface area contributed by atoms with Gasteiger partial charge in [-0.05, 0) is 42.2 Å². The molecule has 128 valence electrons. The maximum Gasteiger partial charge on any atom is 0.326 e. The Hall–Kier alpha value is -2.79. The monoisotopic (exact) mass is 336 g/mol. The van der Waals surface area contributed by atoms with Crippen LogP contribution in [0.25, 0.3) is 10.9 Å². The largest absolute Gasteiger partial charge is 0.497 e. The van der Waals surface area contributed by atoms with Crippen molar-refractivity contribution in [3.05, 3.63) is 65.4 Å². The van der Waals surface area contributed by atoms with E-state index in [4.69, 9.17) is 4.74 Å². The topological polar surface area (TPSA) is 74.3 Å². The highest BCUT2D eigenvalue weighted by Crippen LogP contribution is 2.34. The van der Waals surface area contributed by atoms with Gasteiger partial charge in [0.05, 0.1) is 7.11 Å². The minimum Gasteiger partial charge on any atom is -0.497 e. The summed E-state index contributed by atoms with van der Waals surface area (Å²) in [4.78, 5) is 15.1. The number of aliphatic carboxylic acids is 1. The van der Waals surface area contributed by atoms with E-state index < -0.39 is 12.0 Å². The van der Waals surface area contributed by atoms with Crippen LogP contribution in [0.5, 0.6) is 5.75 Å². The average molecular weight is 336 g/mol. The Balaban J connectivity index is 1.75. The van der Waals surface area contributed by atoms with Gasteiger partial charge in [0, 0.05) is 22.6 Å². The second-order valence-corrected chi connectivity index (χ2v) is 6.46. The van der Waals surface area contributed by atoms with Crippen LogP contribution in [0.1, 0.15) is 22.9 Å². The van der Waals surface area contributed by atoms with Crippen LogP contribution in [-0.4, -0.2) is 29.2 Å². The fourth-order valence-electron chi connectivity index (χ4n) is 3.69. The molecule has 0 fully saturated rings. The Morgan fingerprint density at radius 3 is 2.76 bits per heavy atom. The van der Waals surface area contributed by atoms with Crippen LogP contribution in [0.15, 0.2) is 48.5 Å². The molecule has 0 aliphatic carbocycles. The lowest BCUT2D eigenvalue weighted by Crippen LogP contribution is -2.44. The van der Waals surface area contributed by atoms with Crippen molar-refractivity contribution in [3.8, 4) is 5.75 Å². The van der Waals surface area contributed by atoms with Gasteiger partial charge in [-0.3, -0.25) is 10.1 Å². The van der Waals surface area contributed by atoms with E-state index in [1.807, 2.05) is 36.4 Å². The molecule has 4 rings (SSSR count). The molecule has 0 saturated heterocycles. The second kappa shape index (κ2) is 6.26. The van der Waals surface area contributed by atoms with Crippen molar-refractivity contribution >= 4 is 16.9 Å². The number of rotatable bonds is 4. The summed E-state index contributed by atoms with van der Waals surface area (Å²) in [7, 11) is 1.64. The quantitative estimate of drug-likeness (QED) is 0.684. The first-order chi connectivity index (χ1) is 12.2. The van der Waals surface area contributed by atoms with E-state index in [1.54, 1.807) is 7.11 Å². The molecule has 1 aliphatic heterocycles. The lowest BCUT2D eigenvalue weighted by molar-refractivity contribution is -0.140. The number of aromatic amines is 1. The standard InChI is InChI=1S/C20H20N2O3/c1-25-14-7-8-17-15(11-14)16-10-13(9-12-5-3-2-4-6-12)21-19(20(23)24)18(16)22-17/h2-8,11,13,19,21-22H,9-10H2,1H3,(H,23,24). The number of ether oxygens (including phenoxy) is 1. The molecule has 1 aromatic heterocycles. The second-order valence-electron chi connectivity index (χ2n) is 6.46. The molecule has 2 aromatic carbocycles. The number of hydrogen-bond donors (Lipinski definition) is 3. The van der Waals surface area contributed by atoms with Gasteiger partial charge in [0.2, 0.25) is 0 Å². The molecule has 0 amide bonds. The van der Waals surface area contributed by atoms with Gasteiger partial charge in [0.15, 0.2) is 0 Å². The van der Waals surface area contributed by atoms with Crippen LogP contribution in [0.4, 0.5) is 0 Å². The fourth-order valence-corrected chi connectivity index (χ4v) is 3.69. The molecule has 3 aromatic rings. The molecule has 2 unspecified atom stereocenters. The van der Waals surface area contributed by atoms with Crippen molar-refractivity contribution in [2.75, 3.05) is 7.11 Å². The molecule has 0 bridgehead atoms. The number of fused-ring (bicyclic) bond motifs is 3. The number of nitrogens with one attached hydrogen (secondary N) is 2. The first-order valence-electron chi connectivity index (χ1n) is 8.37. The third kappa shape index (κ3) is 2.87. The van der Waals surface area contributed by atoms with Crippen molar-refractivity contribution < 1.29 is 14.6 Å². The summed E-state index contributed by atoms with van der Waals surface area (Å²) >= 11 is 0. The summed E-state index contributed by atoms with van der Waals surface area (Å²) in [6.45, 7) is 0. The lowest BCUT2D eigenvalue weighted by Gasteiger charge is -2.29. The van der Waals surface area contributed by atoms with Gasteiger partial charge in [0.25, 0.3) is 0 Å². The normalized spacial score (nSPS) is 19.6. The Morgan fingerprint density at radius 1 is 1.24 bits per heavy atom. The van der Waals surface area contributed by atoms with Crippen LogP contribution in [0.2, 0.25) is 0 Å². The fraction of sp³-hybridized carbons (Fsp3) is 0.250. The molecular weight excluding hydrogens is 316 g/mol. The molecule has 0 saturated carbocycles. The zero-order valence-electron chi connectivity index (χ0n) is 14.0. The van der Waals surface area contributed by atoms with E-state index in [1.165, 1.54) is 5.56 Å². The molecule has 2 atom stereocenters. The van der Waals surface area contributed by atoms with Crippen LogP contribution in [0.3, 0.4) is 0 Å². The first kappa shape index (κ1) is 15.7. The number of H-pyrrole nitrogens is 1. The Bertz CT molecular complexity index is 917. The van der Waals surface area contributed by atoms with E-state index in [9.17, 15) is 9.90 Å². The van der Waals surface area contributed by atoms with Crippen molar-refractivity contribution in [1.82, 2.24) is 10.3 Å². The minimum atomic E-state index is -0.863. The Labute approximate surface area is 145 Å². The third-order valence-corrected chi connectivity index (χ3v) is 4.86. The molecule has 0 spiro atoms. The zero-order chi connectivity index (χ0) is 17.4. The number of methoxy groups -OCH3 is 1. The van der Waals surface area contributed by atoms with Crippen LogP contribution >= 0.6 is 0 Å². The van der Waals surface area contributed by atoms with Gasteiger partial charge in [0.1, 0.15) is 11.8 Å². The zero-order valence-corrected chi connectivity index (χ0v) is 14.0. The summed E-state index contributed by atoms with van der Waals surface area (Å²) in [5, 5.41) is 14.0.